The second-order valence-corrected chi connectivity index (χ2v) is 3.72. The average molecular weight is 272 g/mol. The van der Waals surface area contributed by atoms with Crippen molar-refractivity contribution < 1.29 is 22.3 Å². The number of rotatable bonds is 5. The van der Waals surface area contributed by atoms with Gasteiger partial charge in [0, 0.05) is 0 Å². The summed E-state index contributed by atoms with van der Waals surface area (Å²) in [4.78, 5) is 3.74. The van der Waals surface area contributed by atoms with Crippen molar-refractivity contribution in [3.63, 3.8) is 0 Å². The predicted octanol–water partition coefficient (Wildman–Crippen LogP) is 3.23. The first-order valence-electron chi connectivity index (χ1n) is 5.44. The molecule has 2 rings (SSSR count). The van der Waals surface area contributed by atoms with E-state index >= 15 is 0 Å². The predicted molar refractivity (Wildman–Crippen MR) is 61.8 cm³/mol. The molecule has 0 bridgehead atoms. The van der Waals surface area contributed by atoms with Gasteiger partial charge in [-0.05, 0) is 12.1 Å². The fraction of sp³-hybridized carbons (Fsp3) is 0.250. The molecule has 0 spiro atoms. The Kier molecular flexibility index (Phi) is 3.94. The van der Waals surface area contributed by atoms with Crippen molar-refractivity contribution in [2.45, 2.75) is 12.7 Å². The zero-order valence-electron chi connectivity index (χ0n) is 9.78. The number of hydrogen-bond donors (Lipinski definition) is 1. The van der Waals surface area contributed by atoms with Gasteiger partial charge in [-0.15, -0.1) is 0 Å². The molecule has 0 atom stereocenters. The van der Waals surface area contributed by atoms with Crippen LogP contribution in [0.2, 0.25) is 0 Å². The van der Waals surface area contributed by atoms with E-state index in [1.807, 2.05) is 0 Å². The summed E-state index contributed by atoms with van der Waals surface area (Å²) >= 11 is 0. The summed E-state index contributed by atoms with van der Waals surface area (Å²) in [6, 6.07) is 6.39. The third-order valence-corrected chi connectivity index (χ3v) is 2.21. The van der Waals surface area contributed by atoms with Gasteiger partial charge in [0.15, 0.2) is 13.0 Å². The molecule has 1 heterocycles. The van der Waals surface area contributed by atoms with Gasteiger partial charge in [0.2, 0.25) is 0 Å². The van der Waals surface area contributed by atoms with Crippen LogP contribution in [0.3, 0.4) is 0 Å². The minimum atomic E-state index is -4.36. The molecule has 1 aromatic heterocycles. The molecule has 0 fully saturated rings. The number of benzene rings is 1. The normalized spacial score (nSPS) is 11.3. The minimum Gasteiger partial charge on any atom is -0.482 e. The van der Waals surface area contributed by atoms with Crippen LogP contribution in [0.5, 0.6) is 5.75 Å². The second-order valence-electron chi connectivity index (χ2n) is 3.72. The molecule has 102 valence electrons. The standard InChI is InChI=1S/C12H11F3N2O2/c13-12(14,15)7-18-11-4-2-1-3-10(11)17-6-9-5-16-8-19-9/h1-5,8,17H,6-7H2. The fourth-order valence-corrected chi connectivity index (χ4v) is 1.41. The Morgan fingerprint density at radius 1 is 1.26 bits per heavy atom. The Bertz CT molecular complexity index is 512. The molecule has 0 saturated heterocycles. The van der Waals surface area contributed by atoms with Crippen molar-refractivity contribution in [1.82, 2.24) is 4.98 Å². The molecule has 0 aliphatic rings. The van der Waals surface area contributed by atoms with E-state index in [0.29, 0.717) is 18.0 Å². The zero-order valence-corrected chi connectivity index (χ0v) is 9.78. The lowest BCUT2D eigenvalue weighted by atomic mass is 10.3. The SMILES string of the molecule is FC(F)(F)COc1ccccc1NCc1cnco1. The molecule has 0 aliphatic carbocycles. The highest BCUT2D eigenvalue weighted by Gasteiger charge is 2.28. The van der Waals surface area contributed by atoms with E-state index in [1.54, 1.807) is 18.2 Å². The third-order valence-electron chi connectivity index (χ3n) is 2.21. The Hall–Kier alpha value is -2.18. The van der Waals surface area contributed by atoms with Gasteiger partial charge < -0.3 is 14.5 Å². The topological polar surface area (TPSA) is 47.3 Å². The molecule has 0 unspecified atom stereocenters. The first kappa shape index (κ1) is 13.3. The van der Waals surface area contributed by atoms with Gasteiger partial charge in [-0.25, -0.2) is 4.98 Å². The van der Waals surface area contributed by atoms with Crippen LogP contribution in [0.1, 0.15) is 5.76 Å². The average Bonchev–Trinajstić information content (AvgIpc) is 2.87. The summed E-state index contributed by atoms with van der Waals surface area (Å²) in [5.41, 5.74) is 0.461. The molecule has 0 amide bonds. The monoisotopic (exact) mass is 272 g/mol. The van der Waals surface area contributed by atoms with E-state index in [1.165, 1.54) is 18.7 Å². The van der Waals surface area contributed by atoms with E-state index in [4.69, 9.17) is 9.15 Å². The van der Waals surface area contributed by atoms with Gasteiger partial charge >= 0.3 is 6.18 Å². The minimum absolute atomic E-state index is 0.138. The number of halogens is 3. The maximum atomic E-state index is 12.1. The lowest BCUT2D eigenvalue weighted by Crippen LogP contribution is -2.19. The lowest BCUT2D eigenvalue weighted by Gasteiger charge is -2.13. The highest BCUT2D eigenvalue weighted by Crippen LogP contribution is 2.26. The van der Waals surface area contributed by atoms with Crippen LogP contribution in [-0.4, -0.2) is 17.8 Å². The third kappa shape index (κ3) is 4.20. The van der Waals surface area contributed by atoms with Gasteiger partial charge in [0.1, 0.15) is 11.5 Å². The van der Waals surface area contributed by atoms with Crippen LogP contribution < -0.4 is 10.1 Å². The van der Waals surface area contributed by atoms with Crippen molar-refractivity contribution >= 4 is 5.69 Å². The number of alkyl halides is 3. The molecule has 1 aromatic carbocycles. The lowest BCUT2D eigenvalue weighted by molar-refractivity contribution is -0.153. The molecule has 19 heavy (non-hydrogen) atoms. The number of anilines is 1. The molecule has 0 saturated carbocycles. The highest BCUT2D eigenvalue weighted by atomic mass is 19.4. The number of oxazole rings is 1. The largest absolute Gasteiger partial charge is 0.482 e. The van der Waals surface area contributed by atoms with Crippen LogP contribution >= 0.6 is 0 Å². The summed E-state index contributed by atoms with van der Waals surface area (Å²) in [6.45, 7) is -1.01. The van der Waals surface area contributed by atoms with E-state index in [0.717, 1.165) is 0 Å². The first-order valence-corrected chi connectivity index (χ1v) is 5.44. The van der Waals surface area contributed by atoms with Gasteiger partial charge in [-0.2, -0.15) is 13.2 Å². The van der Waals surface area contributed by atoms with Crippen LogP contribution in [-0.2, 0) is 6.54 Å². The molecule has 2 aromatic rings. The summed E-state index contributed by atoms with van der Waals surface area (Å²) in [5, 5.41) is 2.93. The quantitative estimate of drug-likeness (QED) is 0.907. The van der Waals surface area contributed by atoms with Crippen molar-refractivity contribution in [3.8, 4) is 5.75 Å². The van der Waals surface area contributed by atoms with Gasteiger partial charge in [-0.1, -0.05) is 12.1 Å². The number of para-hydroxylation sites is 2. The number of ether oxygens (including phenoxy) is 1. The Morgan fingerprint density at radius 2 is 2.05 bits per heavy atom. The van der Waals surface area contributed by atoms with Crippen molar-refractivity contribution in [2.75, 3.05) is 11.9 Å². The summed E-state index contributed by atoms with van der Waals surface area (Å²) < 4.78 is 46.1. The van der Waals surface area contributed by atoms with E-state index < -0.39 is 12.8 Å². The summed E-state index contributed by atoms with van der Waals surface area (Å²) in [6.07, 6.45) is -1.56. The Balaban J connectivity index is 1.99. The Labute approximate surface area is 107 Å². The number of nitrogens with zero attached hydrogens (tertiary/aromatic N) is 1. The molecular weight excluding hydrogens is 261 g/mol. The van der Waals surface area contributed by atoms with Crippen LogP contribution in [0.4, 0.5) is 18.9 Å². The second kappa shape index (κ2) is 5.64. The zero-order chi connectivity index (χ0) is 13.7. The van der Waals surface area contributed by atoms with Crippen LogP contribution in [0.25, 0.3) is 0 Å². The van der Waals surface area contributed by atoms with Gasteiger partial charge in [0.25, 0.3) is 0 Å². The maximum absolute atomic E-state index is 12.1. The van der Waals surface area contributed by atoms with Crippen LogP contribution in [0, 0.1) is 0 Å². The van der Waals surface area contributed by atoms with Crippen molar-refractivity contribution in [2.24, 2.45) is 0 Å². The van der Waals surface area contributed by atoms with Gasteiger partial charge in [-0.3, -0.25) is 0 Å². The van der Waals surface area contributed by atoms with E-state index in [-0.39, 0.29) is 5.75 Å². The molecule has 0 aliphatic heterocycles. The van der Waals surface area contributed by atoms with Gasteiger partial charge in [0.05, 0.1) is 18.4 Å². The number of nitrogens with one attached hydrogen (secondary N) is 1. The summed E-state index contributed by atoms with van der Waals surface area (Å²) in [5.74, 6) is 0.713. The molecule has 7 heteroatoms. The maximum Gasteiger partial charge on any atom is 0.422 e. The molecule has 0 radical (unpaired) electrons. The molecule has 1 N–H and O–H groups in total. The van der Waals surface area contributed by atoms with Crippen molar-refractivity contribution in [3.05, 3.63) is 42.6 Å². The molecule has 4 nitrogen and oxygen atoms in total. The van der Waals surface area contributed by atoms with E-state index in [2.05, 4.69) is 10.3 Å². The first-order chi connectivity index (χ1) is 9.04. The smallest absolute Gasteiger partial charge is 0.422 e. The fourth-order valence-electron chi connectivity index (χ4n) is 1.41. The van der Waals surface area contributed by atoms with Crippen molar-refractivity contribution in [1.29, 1.82) is 0 Å². The molecular formula is C12H11F3N2O2. The van der Waals surface area contributed by atoms with Crippen LogP contribution in [0.15, 0.2) is 41.3 Å². The summed E-state index contributed by atoms with van der Waals surface area (Å²) in [7, 11) is 0. The highest BCUT2D eigenvalue weighted by molar-refractivity contribution is 5.56. The number of hydrogen-bond acceptors (Lipinski definition) is 4. The van der Waals surface area contributed by atoms with E-state index in [9.17, 15) is 13.2 Å². The Morgan fingerprint density at radius 3 is 2.74 bits per heavy atom. The number of aromatic nitrogens is 1.